The van der Waals surface area contributed by atoms with Gasteiger partial charge in [-0.3, -0.25) is 20.4 Å². The molecule has 0 aliphatic carbocycles. The van der Waals surface area contributed by atoms with Crippen LogP contribution in [0.4, 0.5) is 10.1 Å². The van der Waals surface area contributed by atoms with Gasteiger partial charge in [-0.2, -0.15) is 0 Å². The first-order valence-electron chi connectivity index (χ1n) is 7.70. The van der Waals surface area contributed by atoms with E-state index in [-0.39, 0.29) is 24.7 Å². The number of benzene rings is 2. The molecule has 3 rings (SSSR count). The normalized spacial score (nSPS) is 19.4. The third-order valence-electron chi connectivity index (χ3n) is 3.84. The molecule has 0 amide bonds. The number of nitro benzene ring substituents is 1. The molecule has 0 spiro atoms. The Hall–Kier alpha value is -2.77. The van der Waals surface area contributed by atoms with Crippen LogP contribution in [0, 0.1) is 15.9 Å². The average Bonchev–Trinajstić information content (AvgIpc) is 2.99. The van der Waals surface area contributed by atoms with E-state index in [2.05, 4.69) is 5.48 Å². The lowest BCUT2D eigenvalue weighted by molar-refractivity contribution is -0.385. The Bertz CT molecular complexity index is 824. The molecule has 7 heteroatoms. The fourth-order valence-corrected chi connectivity index (χ4v) is 2.58. The van der Waals surface area contributed by atoms with Gasteiger partial charge in [0.25, 0.3) is 5.69 Å². The van der Waals surface area contributed by atoms with Gasteiger partial charge >= 0.3 is 0 Å². The lowest BCUT2D eigenvalue weighted by atomic mass is 10.0. The van der Waals surface area contributed by atoms with E-state index in [0.29, 0.717) is 16.8 Å². The maximum Gasteiger partial charge on any atom is 0.278 e. The highest BCUT2D eigenvalue weighted by Gasteiger charge is 2.32. The number of nitro groups is 1. The number of para-hydroxylation sites is 1. The molecule has 0 fully saturated rings. The van der Waals surface area contributed by atoms with Crippen molar-refractivity contribution in [3.63, 3.8) is 0 Å². The molecular formula is C18H17FN2O4. The van der Waals surface area contributed by atoms with Crippen molar-refractivity contribution in [1.29, 1.82) is 0 Å². The number of rotatable bonds is 6. The van der Waals surface area contributed by atoms with E-state index in [4.69, 9.17) is 9.57 Å². The van der Waals surface area contributed by atoms with Crippen molar-refractivity contribution in [2.24, 2.45) is 0 Å². The van der Waals surface area contributed by atoms with E-state index < -0.39 is 10.5 Å². The average molecular weight is 344 g/mol. The van der Waals surface area contributed by atoms with E-state index in [1.54, 1.807) is 49.4 Å². The zero-order chi connectivity index (χ0) is 17.9. The van der Waals surface area contributed by atoms with Crippen LogP contribution in [0.25, 0.3) is 5.70 Å². The van der Waals surface area contributed by atoms with Crippen molar-refractivity contribution in [3.8, 4) is 0 Å². The van der Waals surface area contributed by atoms with Gasteiger partial charge in [0.2, 0.25) is 0 Å². The van der Waals surface area contributed by atoms with Crippen LogP contribution in [0.1, 0.15) is 18.1 Å². The predicted octanol–water partition coefficient (Wildman–Crippen LogP) is 3.59. The molecule has 0 aromatic heterocycles. The SMILES string of the molecule is CC1(COCc2ccccc2F)C=C(c2ccccc2[N+](=O)[O-])NO1. The molecule has 1 aliphatic heterocycles. The molecule has 130 valence electrons. The lowest BCUT2D eigenvalue weighted by Crippen LogP contribution is -2.31. The Morgan fingerprint density at radius 3 is 2.72 bits per heavy atom. The minimum Gasteiger partial charge on any atom is -0.373 e. The lowest BCUT2D eigenvalue weighted by Gasteiger charge is -2.20. The molecular weight excluding hydrogens is 327 g/mol. The first-order chi connectivity index (χ1) is 12.0. The van der Waals surface area contributed by atoms with Crippen molar-refractivity contribution in [2.75, 3.05) is 6.61 Å². The monoisotopic (exact) mass is 344 g/mol. The van der Waals surface area contributed by atoms with E-state index in [9.17, 15) is 14.5 Å². The van der Waals surface area contributed by atoms with Gasteiger partial charge in [0.1, 0.15) is 11.4 Å². The highest BCUT2D eigenvalue weighted by atomic mass is 19.1. The van der Waals surface area contributed by atoms with E-state index >= 15 is 0 Å². The third-order valence-corrected chi connectivity index (χ3v) is 3.84. The number of hydrogen-bond donors (Lipinski definition) is 1. The molecule has 6 nitrogen and oxygen atoms in total. The molecule has 1 unspecified atom stereocenters. The molecule has 25 heavy (non-hydrogen) atoms. The van der Waals surface area contributed by atoms with Gasteiger partial charge in [0, 0.05) is 11.6 Å². The summed E-state index contributed by atoms with van der Waals surface area (Å²) < 4.78 is 19.2. The van der Waals surface area contributed by atoms with E-state index in [0.717, 1.165) is 0 Å². The molecule has 0 saturated carbocycles. The zero-order valence-electron chi connectivity index (χ0n) is 13.6. The maximum atomic E-state index is 13.6. The van der Waals surface area contributed by atoms with Gasteiger partial charge in [-0.1, -0.05) is 30.3 Å². The predicted molar refractivity (Wildman–Crippen MR) is 89.8 cm³/mol. The van der Waals surface area contributed by atoms with Crippen LogP contribution < -0.4 is 5.48 Å². The molecule has 0 saturated heterocycles. The number of halogens is 1. The van der Waals surface area contributed by atoms with Crippen LogP contribution in [0.5, 0.6) is 0 Å². The van der Waals surface area contributed by atoms with Crippen molar-refractivity contribution in [3.05, 3.63) is 81.7 Å². The second-order valence-electron chi connectivity index (χ2n) is 5.93. The molecule has 1 aliphatic rings. The van der Waals surface area contributed by atoms with Gasteiger partial charge in [-0.05, 0) is 25.1 Å². The van der Waals surface area contributed by atoms with Crippen molar-refractivity contribution in [1.82, 2.24) is 5.48 Å². The first-order valence-corrected chi connectivity index (χ1v) is 7.70. The number of hydrogen-bond acceptors (Lipinski definition) is 5. The number of nitrogens with one attached hydrogen (secondary N) is 1. The molecule has 2 aromatic rings. The third kappa shape index (κ3) is 3.84. The quantitative estimate of drug-likeness (QED) is 0.640. The van der Waals surface area contributed by atoms with Gasteiger partial charge in [-0.25, -0.2) is 4.39 Å². The van der Waals surface area contributed by atoms with Crippen LogP contribution in [-0.4, -0.2) is 17.1 Å². The standard InChI is InChI=1S/C18H17FN2O4/c1-18(12-24-11-13-6-2-4-8-15(13)19)10-16(20-25-18)14-7-3-5-9-17(14)21(22)23/h2-10,20H,11-12H2,1H3. The fourth-order valence-electron chi connectivity index (χ4n) is 2.58. The fraction of sp³-hybridized carbons (Fsp3) is 0.222. The highest BCUT2D eigenvalue weighted by molar-refractivity contribution is 5.72. The minimum absolute atomic E-state index is 0.0126. The Balaban J connectivity index is 1.70. The molecule has 1 atom stereocenters. The van der Waals surface area contributed by atoms with Gasteiger partial charge in [0.05, 0.1) is 29.4 Å². The van der Waals surface area contributed by atoms with Crippen molar-refractivity contribution < 1.29 is 18.9 Å². The molecule has 0 bridgehead atoms. The number of nitrogens with zero attached hydrogens (tertiary/aromatic N) is 1. The first kappa shape index (κ1) is 17.1. The summed E-state index contributed by atoms with van der Waals surface area (Å²) in [6, 6.07) is 12.8. The molecule has 1 heterocycles. The minimum atomic E-state index is -0.815. The largest absolute Gasteiger partial charge is 0.373 e. The van der Waals surface area contributed by atoms with Crippen molar-refractivity contribution in [2.45, 2.75) is 19.1 Å². The summed E-state index contributed by atoms with van der Waals surface area (Å²) >= 11 is 0. The summed E-state index contributed by atoms with van der Waals surface area (Å²) in [7, 11) is 0. The summed E-state index contributed by atoms with van der Waals surface area (Å²) in [6.07, 6.45) is 1.73. The molecule has 2 aromatic carbocycles. The summed E-state index contributed by atoms with van der Waals surface area (Å²) in [6.45, 7) is 2.06. The zero-order valence-corrected chi connectivity index (χ0v) is 13.6. The second-order valence-corrected chi connectivity index (χ2v) is 5.93. The Morgan fingerprint density at radius 1 is 1.24 bits per heavy atom. The number of ether oxygens (including phenoxy) is 1. The van der Waals surface area contributed by atoms with Crippen LogP contribution in [0.3, 0.4) is 0 Å². The van der Waals surface area contributed by atoms with Crippen LogP contribution in [0.15, 0.2) is 54.6 Å². The molecule has 1 N–H and O–H groups in total. The smallest absolute Gasteiger partial charge is 0.278 e. The van der Waals surface area contributed by atoms with Crippen LogP contribution in [0.2, 0.25) is 0 Å². The van der Waals surface area contributed by atoms with E-state index in [1.165, 1.54) is 12.1 Å². The van der Waals surface area contributed by atoms with Gasteiger partial charge in [0.15, 0.2) is 0 Å². The summed E-state index contributed by atoms with van der Waals surface area (Å²) in [5.74, 6) is -0.325. The van der Waals surface area contributed by atoms with E-state index in [1.807, 2.05) is 0 Å². The topological polar surface area (TPSA) is 73.6 Å². The second kappa shape index (κ2) is 7.00. The summed E-state index contributed by atoms with van der Waals surface area (Å²) in [5.41, 5.74) is 3.29. The summed E-state index contributed by atoms with van der Waals surface area (Å²) in [4.78, 5) is 16.2. The molecule has 0 radical (unpaired) electrons. The summed E-state index contributed by atoms with van der Waals surface area (Å²) in [5, 5.41) is 11.2. The van der Waals surface area contributed by atoms with Crippen LogP contribution >= 0.6 is 0 Å². The van der Waals surface area contributed by atoms with Crippen molar-refractivity contribution >= 4 is 11.4 Å². The van der Waals surface area contributed by atoms with Gasteiger partial charge < -0.3 is 4.74 Å². The Morgan fingerprint density at radius 2 is 1.96 bits per heavy atom. The maximum absolute atomic E-state index is 13.6. The number of hydroxylamine groups is 1. The Kier molecular flexibility index (Phi) is 4.78. The highest BCUT2D eigenvalue weighted by Crippen LogP contribution is 2.31. The van der Waals surface area contributed by atoms with Crippen LogP contribution in [-0.2, 0) is 16.2 Å². The Labute approximate surface area is 144 Å². The van der Waals surface area contributed by atoms with Gasteiger partial charge in [-0.15, -0.1) is 0 Å².